The molecule has 2 heterocycles. The van der Waals surface area contributed by atoms with Gasteiger partial charge in [0, 0.05) is 37.7 Å². The molecule has 1 aliphatic heterocycles. The van der Waals surface area contributed by atoms with Crippen LogP contribution in [0, 0.1) is 5.92 Å². The highest BCUT2D eigenvalue weighted by Gasteiger charge is 2.30. The van der Waals surface area contributed by atoms with Crippen LogP contribution in [0.4, 0.5) is 0 Å². The first kappa shape index (κ1) is 17.4. The normalized spacial score (nSPS) is 21.0. The third-order valence-electron chi connectivity index (χ3n) is 4.65. The summed E-state index contributed by atoms with van der Waals surface area (Å²) in [7, 11) is 0. The summed E-state index contributed by atoms with van der Waals surface area (Å²) in [6, 6.07) is 14.5. The largest absolute Gasteiger partial charge is 0.396 e. The quantitative estimate of drug-likeness (QED) is 0.757. The first-order valence-corrected chi connectivity index (χ1v) is 8.53. The molecule has 132 valence electrons. The van der Waals surface area contributed by atoms with Crippen molar-refractivity contribution in [2.24, 2.45) is 5.92 Å². The summed E-state index contributed by atoms with van der Waals surface area (Å²) in [6.07, 6.45) is 0.819. The lowest BCUT2D eigenvalue weighted by Crippen LogP contribution is -2.53. The van der Waals surface area contributed by atoms with Gasteiger partial charge in [0.05, 0.1) is 0 Å². The summed E-state index contributed by atoms with van der Waals surface area (Å²) >= 11 is 0. The van der Waals surface area contributed by atoms with Crippen LogP contribution < -0.4 is 10.9 Å². The predicted octanol–water partition coefficient (Wildman–Crippen LogP) is 0.988. The molecule has 0 bridgehead atoms. The molecule has 25 heavy (non-hydrogen) atoms. The number of rotatable bonds is 5. The summed E-state index contributed by atoms with van der Waals surface area (Å²) in [5.74, 6) is -0.297. The highest BCUT2D eigenvalue weighted by Crippen LogP contribution is 2.19. The Morgan fingerprint density at radius 3 is 2.72 bits per heavy atom. The van der Waals surface area contributed by atoms with Crippen molar-refractivity contribution >= 4 is 5.91 Å². The smallest absolute Gasteiger partial charge is 0.268 e. The lowest BCUT2D eigenvalue weighted by atomic mass is 9.91. The number of likely N-dealkylation sites (tertiary alicyclic amines) is 1. The number of hydrogen-bond donors (Lipinski definition) is 3. The van der Waals surface area contributed by atoms with Crippen molar-refractivity contribution in [2.75, 3.05) is 19.7 Å². The van der Waals surface area contributed by atoms with Gasteiger partial charge in [-0.15, -0.1) is 0 Å². The summed E-state index contributed by atoms with van der Waals surface area (Å²) in [5, 5.41) is 12.6. The van der Waals surface area contributed by atoms with Crippen molar-refractivity contribution in [3.05, 3.63) is 70.1 Å². The fourth-order valence-corrected chi connectivity index (χ4v) is 3.26. The third-order valence-corrected chi connectivity index (χ3v) is 4.65. The van der Waals surface area contributed by atoms with E-state index in [9.17, 15) is 14.7 Å². The maximum Gasteiger partial charge on any atom is 0.268 e. The minimum atomic E-state index is -0.317. The van der Waals surface area contributed by atoms with Gasteiger partial charge in [0.15, 0.2) is 0 Å². The molecule has 3 N–H and O–H groups in total. The van der Waals surface area contributed by atoms with Gasteiger partial charge in [0.25, 0.3) is 5.91 Å². The highest BCUT2D eigenvalue weighted by molar-refractivity contribution is 5.92. The van der Waals surface area contributed by atoms with Crippen LogP contribution in [0.2, 0.25) is 0 Å². The van der Waals surface area contributed by atoms with Gasteiger partial charge in [-0.05, 0) is 24.6 Å². The van der Waals surface area contributed by atoms with Crippen molar-refractivity contribution in [3.63, 3.8) is 0 Å². The van der Waals surface area contributed by atoms with Crippen LogP contribution in [0.25, 0.3) is 0 Å². The SMILES string of the molecule is O=C(N[C@H]1CN(Cc2ccccc2)CC[C@H]1CO)c1cccc(=O)[nH]1. The van der Waals surface area contributed by atoms with Gasteiger partial charge in [-0.3, -0.25) is 14.5 Å². The minimum absolute atomic E-state index is 0.0198. The van der Waals surface area contributed by atoms with Crippen molar-refractivity contribution in [1.82, 2.24) is 15.2 Å². The van der Waals surface area contributed by atoms with E-state index in [-0.39, 0.29) is 35.7 Å². The second-order valence-corrected chi connectivity index (χ2v) is 6.46. The third kappa shape index (κ3) is 4.55. The first-order valence-electron chi connectivity index (χ1n) is 8.53. The molecule has 6 heteroatoms. The molecular formula is C19H23N3O3. The van der Waals surface area contributed by atoms with Crippen LogP contribution in [0.3, 0.4) is 0 Å². The number of carbonyl (C=O) groups is 1. The summed E-state index contributed by atoms with van der Waals surface area (Å²) in [5.41, 5.74) is 1.16. The van der Waals surface area contributed by atoms with Gasteiger partial charge in [0.2, 0.25) is 5.56 Å². The van der Waals surface area contributed by atoms with Gasteiger partial charge >= 0.3 is 0 Å². The number of pyridine rings is 1. The Balaban J connectivity index is 1.66. The number of aliphatic hydroxyl groups excluding tert-OH is 1. The first-order chi connectivity index (χ1) is 12.2. The number of aliphatic hydroxyl groups is 1. The molecule has 1 aliphatic rings. The summed E-state index contributed by atoms with van der Waals surface area (Å²) < 4.78 is 0. The number of piperidine rings is 1. The number of H-pyrrole nitrogens is 1. The number of aromatic amines is 1. The lowest BCUT2D eigenvalue weighted by molar-refractivity contribution is 0.0727. The molecule has 0 aliphatic carbocycles. The topological polar surface area (TPSA) is 85.4 Å². The number of amides is 1. The summed E-state index contributed by atoms with van der Waals surface area (Å²) in [4.78, 5) is 28.6. The molecule has 0 unspecified atom stereocenters. The number of aromatic nitrogens is 1. The standard InChI is InChI=1S/C19H23N3O3/c23-13-15-9-10-22(11-14-5-2-1-3-6-14)12-17(15)21-19(25)16-7-4-8-18(24)20-16/h1-8,15,17,23H,9-13H2,(H,20,24)(H,21,25)/t15-,17-/m0/s1. The van der Waals surface area contributed by atoms with Gasteiger partial charge in [-0.25, -0.2) is 0 Å². The Morgan fingerprint density at radius 2 is 2.00 bits per heavy atom. The van der Waals surface area contributed by atoms with Crippen LogP contribution in [0.1, 0.15) is 22.5 Å². The van der Waals surface area contributed by atoms with Gasteiger partial charge in [-0.1, -0.05) is 36.4 Å². The van der Waals surface area contributed by atoms with E-state index in [1.54, 1.807) is 12.1 Å². The van der Waals surface area contributed by atoms with Crippen LogP contribution >= 0.6 is 0 Å². The molecule has 0 saturated carbocycles. The maximum atomic E-state index is 12.4. The van der Waals surface area contributed by atoms with Crippen molar-refractivity contribution in [2.45, 2.75) is 19.0 Å². The van der Waals surface area contributed by atoms with Crippen molar-refractivity contribution in [3.8, 4) is 0 Å². The number of benzene rings is 1. The fourth-order valence-electron chi connectivity index (χ4n) is 3.26. The second-order valence-electron chi connectivity index (χ2n) is 6.46. The molecule has 1 fully saturated rings. The second kappa shape index (κ2) is 8.09. The van der Waals surface area contributed by atoms with E-state index >= 15 is 0 Å². The molecule has 1 aromatic heterocycles. The number of nitrogens with one attached hydrogen (secondary N) is 2. The molecule has 1 amide bonds. The average molecular weight is 341 g/mol. The Labute approximate surface area is 146 Å². The zero-order chi connectivity index (χ0) is 17.6. The molecule has 1 aromatic carbocycles. The van der Waals surface area contributed by atoms with E-state index in [1.807, 2.05) is 18.2 Å². The van der Waals surface area contributed by atoms with Gasteiger partial charge in [-0.2, -0.15) is 0 Å². The van der Waals surface area contributed by atoms with E-state index in [0.717, 1.165) is 19.5 Å². The van der Waals surface area contributed by atoms with Crippen LogP contribution in [0.15, 0.2) is 53.3 Å². The van der Waals surface area contributed by atoms with Crippen LogP contribution in [-0.2, 0) is 6.54 Å². The van der Waals surface area contributed by atoms with Crippen LogP contribution in [-0.4, -0.2) is 46.6 Å². The fraction of sp³-hybridized carbons (Fsp3) is 0.368. The van der Waals surface area contributed by atoms with E-state index in [1.165, 1.54) is 11.6 Å². The minimum Gasteiger partial charge on any atom is -0.396 e. The Bertz CT molecular complexity index is 760. The lowest BCUT2D eigenvalue weighted by Gasteiger charge is -2.38. The molecule has 0 radical (unpaired) electrons. The van der Waals surface area contributed by atoms with Crippen molar-refractivity contribution < 1.29 is 9.90 Å². The van der Waals surface area contributed by atoms with Crippen LogP contribution in [0.5, 0.6) is 0 Å². The van der Waals surface area contributed by atoms with Crippen molar-refractivity contribution in [1.29, 1.82) is 0 Å². The molecule has 6 nitrogen and oxygen atoms in total. The number of nitrogens with zero attached hydrogens (tertiary/aromatic N) is 1. The summed E-state index contributed by atoms with van der Waals surface area (Å²) in [6.45, 7) is 2.40. The van der Waals surface area contributed by atoms with E-state index < -0.39 is 0 Å². The number of carbonyl (C=O) groups excluding carboxylic acids is 1. The zero-order valence-corrected chi connectivity index (χ0v) is 14.0. The average Bonchev–Trinajstić information content (AvgIpc) is 2.63. The monoisotopic (exact) mass is 341 g/mol. The molecule has 2 aromatic rings. The molecular weight excluding hydrogens is 318 g/mol. The van der Waals surface area contributed by atoms with Gasteiger partial charge < -0.3 is 15.4 Å². The Morgan fingerprint density at radius 1 is 1.20 bits per heavy atom. The number of hydrogen-bond acceptors (Lipinski definition) is 4. The van der Waals surface area contributed by atoms with Gasteiger partial charge in [0.1, 0.15) is 5.69 Å². The maximum absolute atomic E-state index is 12.4. The Kier molecular flexibility index (Phi) is 5.63. The highest BCUT2D eigenvalue weighted by atomic mass is 16.3. The zero-order valence-electron chi connectivity index (χ0n) is 14.0. The Hall–Kier alpha value is -2.44. The van der Waals surface area contributed by atoms with E-state index in [2.05, 4.69) is 27.3 Å². The molecule has 3 rings (SSSR count). The van der Waals surface area contributed by atoms with E-state index in [4.69, 9.17) is 0 Å². The molecule has 2 atom stereocenters. The molecule has 0 spiro atoms. The molecule has 1 saturated heterocycles. The predicted molar refractivity (Wildman–Crippen MR) is 95.2 cm³/mol. The van der Waals surface area contributed by atoms with E-state index in [0.29, 0.717) is 6.54 Å².